The highest BCUT2D eigenvalue weighted by Crippen LogP contribution is 2.27. The highest BCUT2D eigenvalue weighted by Gasteiger charge is 2.23. The van der Waals surface area contributed by atoms with Crippen molar-refractivity contribution >= 4 is 0 Å². The third-order valence-corrected chi connectivity index (χ3v) is 3.05. The lowest BCUT2D eigenvalue weighted by Crippen LogP contribution is -2.25. The zero-order valence-corrected chi connectivity index (χ0v) is 10.9. The SMILES string of the molecule is CC.[N-]=[N+]=NC[C@H](O)C[C@@H]1CCCCC[C@@H]1O. The van der Waals surface area contributed by atoms with E-state index in [9.17, 15) is 10.2 Å². The number of nitrogens with zero attached hydrogens (tertiary/aromatic N) is 3. The van der Waals surface area contributed by atoms with Crippen molar-refractivity contribution in [1.29, 1.82) is 0 Å². The Hall–Kier alpha value is -0.770. The van der Waals surface area contributed by atoms with E-state index in [1.807, 2.05) is 13.8 Å². The molecule has 0 heterocycles. The van der Waals surface area contributed by atoms with E-state index in [2.05, 4.69) is 10.0 Å². The Morgan fingerprint density at radius 1 is 1.29 bits per heavy atom. The topological polar surface area (TPSA) is 89.2 Å². The Kier molecular flexibility index (Phi) is 9.92. The molecule has 0 unspecified atom stereocenters. The summed E-state index contributed by atoms with van der Waals surface area (Å²) in [4.78, 5) is 2.61. The van der Waals surface area contributed by atoms with Gasteiger partial charge in [0.15, 0.2) is 0 Å². The van der Waals surface area contributed by atoms with Crippen LogP contribution in [0.2, 0.25) is 0 Å². The average molecular weight is 243 g/mol. The maximum absolute atomic E-state index is 9.81. The Morgan fingerprint density at radius 3 is 2.59 bits per heavy atom. The summed E-state index contributed by atoms with van der Waals surface area (Å²) in [6, 6.07) is 0. The van der Waals surface area contributed by atoms with Gasteiger partial charge in [0, 0.05) is 4.91 Å². The van der Waals surface area contributed by atoms with Gasteiger partial charge in [-0.3, -0.25) is 0 Å². The van der Waals surface area contributed by atoms with Gasteiger partial charge in [-0.15, -0.1) is 0 Å². The molecule has 3 atom stereocenters. The minimum absolute atomic E-state index is 0.111. The van der Waals surface area contributed by atoms with Crippen molar-refractivity contribution in [2.45, 2.75) is 64.6 Å². The number of azide groups is 1. The first-order valence-electron chi connectivity index (χ1n) is 6.61. The predicted octanol–water partition coefficient (Wildman–Crippen LogP) is 3.02. The van der Waals surface area contributed by atoms with Crippen LogP contribution in [0.15, 0.2) is 5.11 Å². The van der Waals surface area contributed by atoms with Gasteiger partial charge in [-0.25, -0.2) is 0 Å². The normalized spacial score (nSPS) is 25.9. The molecule has 0 radical (unpaired) electrons. The standard InChI is InChI=1S/C10H19N3O2.C2H6/c11-13-12-7-9(14)6-8-4-2-1-3-5-10(8)15;1-2/h8-10,14-15H,1-7H2;1-2H3/t8-,9+,10-;/m0./s1. The summed E-state index contributed by atoms with van der Waals surface area (Å²) in [5.74, 6) is 0.163. The predicted molar refractivity (Wildman–Crippen MR) is 68.6 cm³/mol. The van der Waals surface area contributed by atoms with Gasteiger partial charge >= 0.3 is 0 Å². The molecule has 0 amide bonds. The van der Waals surface area contributed by atoms with Crippen LogP contribution in [0.3, 0.4) is 0 Å². The Balaban J connectivity index is 0.00000121. The molecule has 0 aromatic rings. The van der Waals surface area contributed by atoms with Crippen molar-refractivity contribution in [2.24, 2.45) is 11.0 Å². The first kappa shape index (κ1) is 16.2. The minimum Gasteiger partial charge on any atom is -0.393 e. The number of aliphatic hydroxyl groups is 2. The zero-order valence-electron chi connectivity index (χ0n) is 10.9. The van der Waals surface area contributed by atoms with Crippen molar-refractivity contribution < 1.29 is 10.2 Å². The van der Waals surface area contributed by atoms with Crippen LogP contribution in [0, 0.1) is 5.92 Å². The van der Waals surface area contributed by atoms with Crippen LogP contribution in [0.4, 0.5) is 0 Å². The molecule has 0 aliphatic heterocycles. The molecule has 0 aromatic heterocycles. The molecule has 0 bridgehead atoms. The quantitative estimate of drug-likeness (QED) is 0.344. The fourth-order valence-electron chi connectivity index (χ4n) is 2.19. The van der Waals surface area contributed by atoms with E-state index in [-0.39, 0.29) is 18.6 Å². The van der Waals surface area contributed by atoms with E-state index in [0.29, 0.717) is 6.42 Å². The highest BCUT2D eigenvalue weighted by atomic mass is 16.3. The zero-order chi connectivity index (χ0) is 13.1. The Bertz CT molecular complexity index is 230. The van der Waals surface area contributed by atoms with Gasteiger partial charge < -0.3 is 10.2 Å². The van der Waals surface area contributed by atoms with Gasteiger partial charge in [-0.05, 0) is 30.7 Å². The van der Waals surface area contributed by atoms with Gasteiger partial charge in [0.2, 0.25) is 0 Å². The summed E-state index contributed by atoms with van der Waals surface area (Å²) in [5, 5.41) is 22.7. The second-order valence-corrected chi connectivity index (χ2v) is 4.27. The van der Waals surface area contributed by atoms with Crippen LogP contribution in [0.25, 0.3) is 10.4 Å². The summed E-state index contributed by atoms with van der Waals surface area (Å²) in [5.41, 5.74) is 8.12. The number of rotatable bonds is 4. The van der Waals surface area contributed by atoms with Gasteiger partial charge in [0.05, 0.1) is 18.8 Å². The summed E-state index contributed by atoms with van der Waals surface area (Å²) >= 11 is 0. The molecule has 0 saturated heterocycles. The molecule has 1 aliphatic carbocycles. The third-order valence-electron chi connectivity index (χ3n) is 3.05. The molecule has 1 saturated carbocycles. The highest BCUT2D eigenvalue weighted by molar-refractivity contribution is 4.76. The van der Waals surface area contributed by atoms with Crippen LogP contribution in [0.1, 0.15) is 52.4 Å². The van der Waals surface area contributed by atoms with E-state index in [1.54, 1.807) is 0 Å². The number of aliphatic hydroxyl groups excluding tert-OH is 2. The molecular formula is C12H25N3O2. The number of hydrogen-bond donors (Lipinski definition) is 2. The molecule has 100 valence electrons. The summed E-state index contributed by atoms with van der Waals surface area (Å²) in [6.07, 6.45) is 4.79. The molecular weight excluding hydrogens is 218 g/mol. The van der Waals surface area contributed by atoms with Gasteiger partial charge in [0.25, 0.3) is 0 Å². The average Bonchev–Trinajstić information content (AvgIpc) is 2.55. The lowest BCUT2D eigenvalue weighted by molar-refractivity contribution is 0.0596. The van der Waals surface area contributed by atoms with Crippen LogP contribution in [0.5, 0.6) is 0 Å². The van der Waals surface area contributed by atoms with E-state index < -0.39 is 6.10 Å². The van der Waals surface area contributed by atoms with Crippen molar-refractivity contribution in [1.82, 2.24) is 0 Å². The fourth-order valence-corrected chi connectivity index (χ4v) is 2.19. The van der Waals surface area contributed by atoms with Crippen LogP contribution >= 0.6 is 0 Å². The summed E-state index contributed by atoms with van der Waals surface area (Å²) in [7, 11) is 0. The lowest BCUT2D eigenvalue weighted by Gasteiger charge is -2.22. The van der Waals surface area contributed by atoms with Crippen LogP contribution in [-0.2, 0) is 0 Å². The molecule has 1 rings (SSSR count). The van der Waals surface area contributed by atoms with Gasteiger partial charge in [0.1, 0.15) is 0 Å². The first-order chi connectivity index (χ1) is 8.24. The van der Waals surface area contributed by atoms with E-state index in [4.69, 9.17) is 5.53 Å². The fraction of sp³-hybridized carbons (Fsp3) is 1.00. The second-order valence-electron chi connectivity index (χ2n) is 4.27. The maximum atomic E-state index is 9.81. The molecule has 17 heavy (non-hydrogen) atoms. The molecule has 2 N–H and O–H groups in total. The van der Waals surface area contributed by atoms with E-state index in [1.165, 1.54) is 6.42 Å². The first-order valence-corrected chi connectivity index (χ1v) is 6.61. The molecule has 5 nitrogen and oxygen atoms in total. The largest absolute Gasteiger partial charge is 0.393 e. The van der Waals surface area contributed by atoms with Crippen molar-refractivity contribution in [3.63, 3.8) is 0 Å². The third kappa shape index (κ3) is 7.21. The monoisotopic (exact) mass is 243 g/mol. The van der Waals surface area contributed by atoms with Crippen molar-refractivity contribution in [2.75, 3.05) is 6.54 Å². The van der Waals surface area contributed by atoms with Crippen molar-refractivity contribution in [3.8, 4) is 0 Å². The number of hydrogen-bond acceptors (Lipinski definition) is 3. The Morgan fingerprint density at radius 2 is 1.94 bits per heavy atom. The summed E-state index contributed by atoms with van der Waals surface area (Å²) in [6.45, 7) is 4.11. The van der Waals surface area contributed by atoms with Gasteiger partial charge in [-0.1, -0.05) is 38.2 Å². The second kappa shape index (κ2) is 10.4. The molecule has 1 fully saturated rings. The molecule has 1 aliphatic rings. The maximum Gasteiger partial charge on any atom is 0.0600 e. The van der Waals surface area contributed by atoms with Crippen LogP contribution < -0.4 is 0 Å². The van der Waals surface area contributed by atoms with Crippen LogP contribution in [-0.4, -0.2) is 29.0 Å². The minimum atomic E-state index is -0.612. The van der Waals surface area contributed by atoms with E-state index >= 15 is 0 Å². The summed E-state index contributed by atoms with van der Waals surface area (Å²) < 4.78 is 0. The molecule has 0 spiro atoms. The van der Waals surface area contributed by atoms with Crippen molar-refractivity contribution in [3.05, 3.63) is 10.4 Å². The Labute approximate surface area is 103 Å². The van der Waals surface area contributed by atoms with Gasteiger partial charge in [-0.2, -0.15) is 0 Å². The molecule has 0 aromatic carbocycles. The van der Waals surface area contributed by atoms with E-state index in [0.717, 1.165) is 25.7 Å². The lowest BCUT2D eigenvalue weighted by atomic mass is 9.91. The smallest absolute Gasteiger partial charge is 0.0600 e. The molecule has 5 heteroatoms.